The van der Waals surface area contributed by atoms with Crippen molar-refractivity contribution >= 4 is 17.9 Å². The SMILES string of the molecule is O=C(O)CCC(=O)OCC(=O)O.[H-].[H-].[H-].[K+].[Na+].[Na+]. The van der Waals surface area contributed by atoms with Crippen LogP contribution >= 0.6 is 0 Å². The van der Waals surface area contributed by atoms with Crippen LogP contribution < -0.4 is 110 Å². The molecule has 6 nitrogen and oxygen atoms in total. The fraction of sp³-hybridized carbons (Fsp3) is 0.500. The van der Waals surface area contributed by atoms with E-state index in [4.69, 9.17) is 10.2 Å². The Morgan fingerprint density at radius 3 is 1.80 bits per heavy atom. The molecule has 0 bridgehead atoms. The van der Waals surface area contributed by atoms with Gasteiger partial charge in [0.2, 0.25) is 0 Å². The first-order valence-corrected chi connectivity index (χ1v) is 3.11. The normalized spacial score (nSPS) is 7.20. The Balaban J connectivity index is -0.0000000403. The van der Waals surface area contributed by atoms with Gasteiger partial charge < -0.3 is 19.2 Å². The monoisotopic (exact) mass is 264 g/mol. The summed E-state index contributed by atoms with van der Waals surface area (Å²) in [5, 5.41) is 16.2. The maximum absolute atomic E-state index is 10.5. The second-order valence-corrected chi connectivity index (χ2v) is 1.95. The van der Waals surface area contributed by atoms with Gasteiger partial charge in [-0.3, -0.25) is 9.59 Å². The molecule has 0 saturated heterocycles. The molecule has 0 fully saturated rings. The summed E-state index contributed by atoms with van der Waals surface area (Å²) in [6, 6.07) is 0. The van der Waals surface area contributed by atoms with Crippen LogP contribution in [0.4, 0.5) is 0 Å². The molecule has 0 aliphatic heterocycles. The predicted octanol–water partition coefficient (Wildman–Crippen LogP) is -9.17. The number of aliphatic carboxylic acids is 2. The average molecular weight is 264 g/mol. The molecule has 74 valence electrons. The molecule has 0 heterocycles. The van der Waals surface area contributed by atoms with Crippen LogP contribution in [0.5, 0.6) is 0 Å². The molecule has 0 aliphatic rings. The molecule has 0 atom stereocenters. The van der Waals surface area contributed by atoms with Gasteiger partial charge in [-0.1, -0.05) is 0 Å². The number of carbonyl (C=O) groups is 3. The van der Waals surface area contributed by atoms with Gasteiger partial charge in [0.25, 0.3) is 0 Å². The van der Waals surface area contributed by atoms with Crippen molar-refractivity contribution < 1.29 is 144 Å². The molecule has 9 heteroatoms. The zero-order chi connectivity index (χ0) is 9.56. The van der Waals surface area contributed by atoms with Crippen molar-refractivity contribution in [1.82, 2.24) is 0 Å². The number of carbonyl (C=O) groups excluding carboxylic acids is 1. The molecule has 0 unspecified atom stereocenters. The Kier molecular flexibility index (Phi) is 27.6. The first-order valence-electron chi connectivity index (χ1n) is 3.11. The van der Waals surface area contributed by atoms with Crippen molar-refractivity contribution in [2.75, 3.05) is 6.61 Å². The fourth-order valence-electron chi connectivity index (χ4n) is 0.423. The molecular weight excluding hydrogens is 253 g/mol. The van der Waals surface area contributed by atoms with E-state index in [1.54, 1.807) is 0 Å². The zero-order valence-corrected chi connectivity index (χ0v) is 16.3. The topological polar surface area (TPSA) is 101 Å². The minimum atomic E-state index is -1.27. The van der Waals surface area contributed by atoms with Crippen LogP contribution in [0.15, 0.2) is 0 Å². The van der Waals surface area contributed by atoms with Gasteiger partial charge >= 0.3 is 128 Å². The number of carboxylic acid groups (broad SMARTS) is 2. The van der Waals surface area contributed by atoms with Crippen molar-refractivity contribution in [2.45, 2.75) is 12.8 Å². The number of carboxylic acids is 2. The van der Waals surface area contributed by atoms with Crippen LogP contribution in [0.1, 0.15) is 17.1 Å². The Morgan fingerprint density at radius 1 is 1.00 bits per heavy atom. The minimum Gasteiger partial charge on any atom is -1.00 e. The van der Waals surface area contributed by atoms with Crippen molar-refractivity contribution in [2.24, 2.45) is 0 Å². The summed E-state index contributed by atoms with van der Waals surface area (Å²) in [5.74, 6) is -3.21. The van der Waals surface area contributed by atoms with Gasteiger partial charge in [-0.15, -0.1) is 0 Å². The third-order valence-electron chi connectivity index (χ3n) is 0.900. The van der Waals surface area contributed by atoms with Gasteiger partial charge in [-0.05, 0) is 0 Å². The zero-order valence-electron chi connectivity index (χ0n) is 12.1. The maximum Gasteiger partial charge on any atom is 1.00 e. The standard InChI is InChI=1S/C6H8O6.K.2Na.3H/c7-4(8)1-2-6(11)12-3-5(9)10;;;;;;/h1-3H2,(H,7,8)(H,9,10);;;;;;/q;3*+1;3*-1. The van der Waals surface area contributed by atoms with Gasteiger partial charge in [0.05, 0.1) is 12.8 Å². The summed E-state index contributed by atoms with van der Waals surface area (Å²) >= 11 is 0. The largest absolute Gasteiger partial charge is 1.00 e. The smallest absolute Gasteiger partial charge is 1.00 e. The number of hydrogen-bond donors (Lipinski definition) is 2. The third kappa shape index (κ3) is 21.8. The van der Waals surface area contributed by atoms with Gasteiger partial charge in [0.1, 0.15) is 0 Å². The van der Waals surface area contributed by atoms with E-state index in [-0.39, 0.29) is 128 Å². The first kappa shape index (κ1) is 25.8. The third-order valence-corrected chi connectivity index (χ3v) is 0.900. The Labute approximate surface area is 178 Å². The molecular formula is C6H11KNa2O6. The average Bonchev–Trinajstić information content (AvgIpc) is 1.96. The van der Waals surface area contributed by atoms with E-state index in [2.05, 4.69) is 4.74 Å². The second kappa shape index (κ2) is 16.0. The van der Waals surface area contributed by atoms with Crippen molar-refractivity contribution in [3.63, 3.8) is 0 Å². The van der Waals surface area contributed by atoms with Crippen LogP contribution in [0.3, 0.4) is 0 Å². The molecule has 0 radical (unpaired) electrons. The minimum absolute atomic E-state index is 0. The number of ether oxygens (including phenoxy) is 1. The molecule has 0 aromatic heterocycles. The van der Waals surface area contributed by atoms with Crippen LogP contribution in [0, 0.1) is 0 Å². The van der Waals surface area contributed by atoms with E-state index in [9.17, 15) is 14.4 Å². The Bertz CT molecular complexity index is 201. The number of esters is 1. The summed E-state index contributed by atoms with van der Waals surface area (Å²) in [6.07, 6.45) is -0.652. The van der Waals surface area contributed by atoms with Crippen LogP contribution in [0.2, 0.25) is 0 Å². The molecule has 0 saturated carbocycles. The predicted molar refractivity (Wildman–Crippen MR) is 38.8 cm³/mol. The van der Waals surface area contributed by atoms with Crippen molar-refractivity contribution in [3.05, 3.63) is 0 Å². The fourth-order valence-corrected chi connectivity index (χ4v) is 0.423. The van der Waals surface area contributed by atoms with E-state index in [1.165, 1.54) is 0 Å². The van der Waals surface area contributed by atoms with Gasteiger partial charge in [-0.2, -0.15) is 0 Å². The maximum atomic E-state index is 10.5. The van der Waals surface area contributed by atoms with Crippen molar-refractivity contribution in [1.29, 1.82) is 0 Å². The molecule has 0 aromatic carbocycles. The van der Waals surface area contributed by atoms with E-state index in [0.717, 1.165) is 0 Å². The summed E-state index contributed by atoms with van der Waals surface area (Å²) in [7, 11) is 0. The molecule has 15 heavy (non-hydrogen) atoms. The molecule has 0 rings (SSSR count). The number of hydrogen-bond acceptors (Lipinski definition) is 4. The second-order valence-electron chi connectivity index (χ2n) is 1.95. The van der Waals surface area contributed by atoms with Crippen LogP contribution in [-0.4, -0.2) is 34.7 Å². The molecule has 0 aliphatic carbocycles. The van der Waals surface area contributed by atoms with Crippen molar-refractivity contribution in [3.8, 4) is 0 Å². The summed E-state index contributed by atoms with van der Waals surface area (Å²) in [5.41, 5.74) is 0. The van der Waals surface area contributed by atoms with Gasteiger partial charge in [0, 0.05) is 0 Å². The molecule has 0 amide bonds. The van der Waals surface area contributed by atoms with E-state index in [0.29, 0.717) is 0 Å². The summed E-state index contributed by atoms with van der Waals surface area (Å²) in [6.45, 7) is -0.724. The van der Waals surface area contributed by atoms with E-state index < -0.39 is 24.5 Å². The molecule has 0 spiro atoms. The van der Waals surface area contributed by atoms with Crippen LogP contribution in [-0.2, 0) is 19.1 Å². The molecule has 2 N–H and O–H groups in total. The van der Waals surface area contributed by atoms with E-state index in [1.807, 2.05) is 0 Å². The van der Waals surface area contributed by atoms with E-state index >= 15 is 0 Å². The first-order chi connectivity index (χ1) is 5.52. The summed E-state index contributed by atoms with van der Waals surface area (Å²) < 4.78 is 4.15. The molecule has 0 aromatic rings. The summed E-state index contributed by atoms with van der Waals surface area (Å²) in [4.78, 5) is 30.3. The van der Waals surface area contributed by atoms with Crippen LogP contribution in [0.25, 0.3) is 0 Å². The van der Waals surface area contributed by atoms with Gasteiger partial charge in [-0.25, -0.2) is 4.79 Å². The quantitative estimate of drug-likeness (QED) is 0.378. The Hall–Kier alpha value is 2.05. The Morgan fingerprint density at radius 2 is 1.47 bits per heavy atom. The van der Waals surface area contributed by atoms with Gasteiger partial charge in [0.15, 0.2) is 6.61 Å². The number of rotatable bonds is 5.